The van der Waals surface area contributed by atoms with Gasteiger partial charge in [-0.2, -0.15) is 0 Å². The molecule has 0 unspecified atom stereocenters. The summed E-state index contributed by atoms with van der Waals surface area (Å²) in [5.74, 6) is 0. The summed E-state index contributed by atoms with van der Waals surface area (Å²) in [5.41, 5.74) is 0. The minimum atomic E-state index is 0.282. The molecule has 0 atom stereocenters. The molecule has 0 radical (unpaired) electrons. The molecule has 1 N–H and O–H groups in total. The highest BCUT2D eigenvalue weighted by molar-refractivity contribution is 7.15. The third-order valence-electron chi connectivity index (χ3n) is 1.64. The van der Waals surface area contributed by atoms with Gasteiger partial charge >= 0.3 is 0 Å². The number of hydrogen-bond donors (Lipinski definition) is 1. The quantitative estimate of drug-likeness (QED) is 0.790. The Bertz CT molecular complexity index is 260. The van der Waals surface area contributed by atoms with Crippen LogP contribution in [-0.4, -0.2) is 17.6 Å². The summed E-state index contributed by atoms with van der Waals surface area (Å²) in [7, 11) is 0. The number of aromatic nitrogens is 1. The predicted octanol–water partition coefficient (Wildman–Crippen LogP) is 2.89. The van der Waals surface area contributed by atoms with Gasteiger partial charge in [-0.05, 0) is 20.3 Å². The van der Waals surface area contributed by atoms with Crippen molar-refractivity contribution in [3.05, 3.63) is 11.1 Å². The van der Waals surface area contributed by atoms with Gasteiger partial charge in [-0.25, -0.2) is 4.98 Å². The molecule has 14 heavy (non-hydrogen) atoms. The number of ether oxygens (including phenoxy) is 1. The first-order valence-electron chi connectivity index (χ1n) is 5.02. The Kier molecular flexibility index (Phi) is 4.90. The molecule has 0 aliphatic heterocycles. The van der Waals surface area contributed by atoms with E-state index in [1.165, 1.54) is 4.88 Å². The second-order valence-corrected chi connectivity index (χ2v) is 4.53. The molecule has 1 heterocycles. The van der Waals surface area contributed by atoms with Gasteiger partial charge in [0.2, 0.25) is 0 Å². The van der Waals surface area contributed by atoms with Gasteiger partial charge in [0, 0.05) is 12.7 Å². The Labute approximate surface area is 89.5 Å². The molecule has 0 amide bonds. The molecule has 0 aliphatic carbocycles. The summed E-state index contributed by atoms with van der Waals surface area (Å²) in [6.45, 7) is 7.87. The molecule has 0 bridgehead atoms. The Morgan fingerprint density at radius 3 is 3.00 bits per heavy atom. The highest BCUT2D eigenvalue weighted by Crippen LogP contribution is 2.19. The van der Waals surface area contributed by atoms with Crippen LogP contribution in [0.2, 0.25) is 0 Å². The van der Waals surface area contributed by atoms with Gasteiger partial charge in [-0.1, -0.05) is 18.3 Å². The lowest BCUT2D eigenvalue weighted by molar-refractivity contribution is 0.0673. The van der Waals surface area contributed by atoms with E-state index in [1.807, 2.05) is 20.0 Å². The van der Waals surface area contributed by atoms with Gasteiger partial charge < -0.3 is 10.1 Å². The van der Waals surface area contributed by atoms with Crippen LogP contribution in [0.4, 0.5) is 5.13 Å². The topological polar surface area (TPSA) is 34.2 Å². The van der Waals surface area contributed by atoms with Crippen molar-refractivity contribution in [3.63, 3.8) is 0 Å². The standard InChI is InChI=1S/C10H18N2OS/c1-4-5-11-10-12-6-9(14-10)7-13-8(2)3/h6,8H,4-5,7H2,1-3H3,(H,11,12). The highest BCUT2D eigenvalue weighted by atomic mass is 32.1. The van der Waals surface area contributed by atoms with Crippen molar-refractivity contribution >= 4 is 16.5 Å². The summed E-state index contributed by atoms with van der Waals surface area (Å²) in [6, 6.07) is 0. The lowest BCUT2D eigenvalue weighted by Crippen LogP contribution is -2.00. The van der Waals surface area contributed by atoms with E-state index >= 15 is 0 Å². The van der Waals surface area contributed by atoms with E-state index in [0.717, 1.165) is 18.1 Å². The number of rotatable bonds is 6. The maximum Gasteiger partial charge on any atom is 0.182 e. The van der Waals surface area contributed by atoms with Crippen LogP contribution >= 0.6 is 11.3 Å². The molecule has 3 nitrogen and oxygen atoms in total. The summed E-state index contributed by atoms with van der Waals surface area (Å²) >= 11 is 1.67. The fourth-order valence-corrected chi connectivity index (χ4v) is 1.70. The van der Waals surface area contributed by atoms with E-state index in [1.54, 1.807) is 11.3 Å². The van der Waals surface area contributed by atoms with Crippen molar-refractivity contribution in [2.45, 2.75) is 39.9 Å². The van der Waals surface area contributed by atoms with Crippen LogP contribution in [0.3, 0.4) is 0 Å². The molecule has 0 aromatic carbocycles. The van der Waals surface area contributed by atoms with E-state index < -0.39 is 0 Å². The van der Waals surface area contributed by atoms with Gasteiger partial charge in [-0.3, -0.25) is 0 Å². The average Bonchev–Trinajstić information content (AvgIpc) is 2.59. The first-order valence-corrected chi connectivity index (χ1v) is 5.84. The van der Waals surface area contributed by atoms with E-state index in [4.69, 9.17) is 4.74 Å². The molecule has 0 saturated heterocycles. The van der Waals surface area contributed by atoms with Crippen LogP contribution in [0.1, 0.15) is 32.1 Å². The SMILES string of the molecule is CCCNc1ncc(COC(C)C)s1. The first-order chi connectivity index (χ1) is 6.72. The predicted molar refractivity (Wildman–Crippen MR) is 60.8 cm³/mol. The zero-order valence-corrected chi connectivity index (χ0v) is 9.86. The molecular formula is C10H18N2OS. The Morgan fingerprint density at radius 2 is 2.36 bits per heavy atom. The van der Waals surface area contributed by atoms with Crippen LogP contribution < -0.4 is 5.32 Å². The summed E-state index contributed by atoms with van der Waals surface area (Å²) < 4.78 is 5.49. The molecule has 0 aliphatic rings. The zero-order valence-electron chi connectivity index (χ0n) is 9.04. The van der Waals surface area contributed by atoms with E-state index in [2.05, 4.69) is 17.2 Å². The molecule has 1 rings (SSSR count). The van der Waals surface area contributed by atoms with E-state index in [9.17, 15) is 0 Å². The molecule has 0 saturated carbocycles. The van der Waals surface area contributed by atoms with Crippen LogP contribution in [0, 0.1) is 0 Å². The molecule has 0 fully saturated rings. The summed E-state index contributed by atoms with van der Waals surface area (Å²) in [6.07, 6.45) is 3.28. The van der Waals surface area contributed by atoms with Gasteiger partial charge in [0.25, 0.3) is 0 Å². The van der Waals surface area contributed by atoms with Gasteiger partial charge in [0.1, 0.15) is 0 Å². The van der Waals surface area contributed by atoms with E-state index in [0.29, 0.717) is 6.61 Å². The number of hydrogen-bond acceptors (Lipinski definition) is 4. The minimum Gasteiger partial charge on any atom is -0.373 e. The van der Waals surface area contributed by atoms with Crippen LogP contribution in [0.5, 0.6) is 0 Å². The summed E-state index contributed by atoms with van der Waals surface area (Å²) in [5, 5.41) is 4.25. The van der Waals surface area contributed by atoms with Crippen molar-refractivity contribution in [1.29, 1.82) is 0 Å². The zero-order chi connectivity index (χ0) is 10.4. The largest absolute Gasteiger partial charge is 0.373 e. The van der Waals surface area contributed by atoms with Gasteiger partial charge in [-0.15, -0.1) is 0 Å². The molecular weight excluding hydrogens is 196 g/mol. The minimum absolute atomic E-state index is 0.282. The van der Waals surface area contributed by atoms with Crippen LogP contribution in [0.25, 0.3) is 0 Å². The number of nitrogens with zero attached hydrogens (tertiary/aromatic N) is 1. The van der Waals surface area contributed by atoms with Crippen molar-refractivity contribution in [2.75, 3.05) is 11.9 Å². The molecule has 0 spiro atoms. The molecule has 4 heteroatoms. The maximum atomic E-state index is 5.49. The van der Waals surface area contributed by atoms with Crippen molar-refractivity contribution in [1.82, 2.24) is 4.98 Å². The van der Waals surface area contributed by atoms with E-state index in [-0.39, 0.29) is 6.10 Å². The normalized spacial score (nSPS) is 10.9. The summed E-state index contributed by atoms with van der Waals surface area (Å²) in [4.78, 5) is 5.44. The second-order valence-electron chi connectivity index (χ2n) is 3.42. The van der Waals surface area contributed by atoms with Crippen molar-refractivity contribution < 1.29 is 4.74 Å². The molecule has 1 aromatic heterocycles. The Hall–Kier alpha value is -0.610. The number of nitrogens with one attached hydrogen (secondary N) is 1. The first kappa shape index (κ1) is 11.5. The van der Waals surface area contributed by atoms with Gasteiger partial charge in [0.05, 0.1) is 17.6 Å². The Morgan fingerprint density at radius 1 is 1.57 bits per heavy atom. The maximum absolute atomic E-state index is 5.49. The average molecular weight is 214 g/mol. The highest BCUT2D eigenvalue weighted by Gasteiger charge is 2.02. The van der Waals surface area contributed by atoms with Crippen molar-refractivity contribution in [2.24, 2.45) is 0 Å². The fourth-order valence-electron chi connectivity index (χ4n) is 0.937. The van der Waals surface area contributed by atoms with Gasteiger partial charge in [0.15, 0.2) is 5.13 Å². The van der Waals surface area contributed by atoms with Crippen LogP contribution in [0.15, 0.2) is 6.20 Å². The third-order valence-corrected chi connectivity index (χ3v) is 2.57. The number of anilines is 1. The third kappa shape index (κ3) is 4.07. The second kappa shape index (κ2) is 5.98. The lowest BCUT2D eigenvalue weighted by Gasteiger charge is -2.04. The monoisotopic (exact) mass is 214 g/mol. The lowest BCUT2D eigenvalue weighted by atomic mass is 10.5. The van der Waals surface area contributed by atoms with Crippen LogP contribution in [-0.2, 0) is 11.3 Å². The number of thiazole rings is 1. The molecule has 1 aromatic rings. The smallest absolute Gasteiger partial charge is 0.182 e. The fraction of sp³-hybridized carbons (Fsp3) is 0.700. The van der Waals surface area contributed by atoms with Crippen molar-refractivity contribution in [3.8, 4) is 0 Å². The molecule has 80 valence electrons. The Balaban J connectivity index is 2.35.